The minimum Gasteiger partial charge on any atom is -0.487 e. The first-order valence-electron chi connectivity index (χ1n) is 6.19. The van der Waals surface area contributed by atoms with E-state index in [9.17, 15) is 4.79 Å². The van der Waals surface area contributed by atoms with Gasteiger partial charge in [-0.3, -0.25) is 4.79 Å². The first-order valence-corrected chi connectivity index (χ1v) is 7.36. The smallest absolute Gasteiger partial charge is 0.241 e. The Morgan fingerprint density at radius 1 is 1.29 bits per heavy atom. The number of hydrogen-bond acceptors (Lipinski definition) is 2. The van der Waals surface area contributed by atoms with Crippen LogP contribution in [0, 0.1) is 0 Å². The van der Waals surface area contributed by atoms with E-state index in [1.165, 1.54) is 6.08 Å². The van der Waals surface area contributed by atoms with Crippen LogP contribution in [0.25, 0.3) is 6.08 Å². The largest absolute Gasteiger partial charge is 0.487 e. The fraction of sp³-hybridized carbons (Fsp3) is 0.0625. The van der Waals surface area contributed by atoms with Crippen LogP contribution in [0.2, 0.25) is 5.02 Å². The lowest BCUT2D eigenvalue weighted by Gasteiger charge is -2.09. The molecule has 0 aromatic heterocycles. The van der Waals surface area contributed by atoms with Gasteiger partial charge in [0.05, 0.1) is 5.02 Å². The number of ether oxygens (including phenoxy) is 1. The number of carbonyl (C=O) groups is 1. The molecule has 0 atom stereocenters. The summed E-state index contributed by atoms with van der Waals surface area (Å²) in [5.41, 5.74) is 6.87. The fourth-order valence-electron chi connectivity index (χ4n) is 1.70. The Hall–Kier alpha value is -1.78. The lowest BCUT2D eigenvalue weighted by atomic mass is 10.2. The van der Waals surface area contributed by atoms with Gasteiger partial charge in [-0.2, -0.15) is 0 Å². The van der Waals surface area contributed by atoms with Gasteiger partial charge in [-0.25, -0.2) is 0 Å². The van der Waals surface area contributed by atoms with E-state index in [-0.39, 0.29) is 0 Å². The molecule has 0 heterocycles. The van der Waals surface area contributed by atoms with Crippen LogP contribution in [-0.4, -0.2) is 5.91 Å². The Labute approximate surface area is 136 Å². The molecule has 2 aromatic rings. The molecule has 0 spiro atoms. The molecule has 5 heteroatoms. The molecule has 2 aromatic carbocycles. The van der Waals surface area contributed by atoms with Gasteiger partial charge in [-0.15, -0.1) is 0 Å². The Balaban J connectivity index is 2.06. The summed E-state index contributed by atoms with van der Waals surface area (Å²) in [5, 5.41) is 0.483. The summed E-state index contributed by atoms with van der Waals surface area (Å²) in [5.74, 6) is 0.0916. The molecule has 0 aliphatic heterocycles. The van der Waals surface area contributed by atoms with Crippen molar-refractivity contribution in [1.82, 2.24) is 0 Å². The van der Waals surface area contributed by atoms with Crippen LogP contribution in [0.3, 0.4) is 0 Å². The van der Waals surface area contributed by atoms with E-state index < -0.39 is 5.91 Å². The third-order valence-corrected chi connectivity index (χ3v) is 3.47. The molecule has 0 aliphatic carbocycles. The fourth-order valence-corrected chi connectivity index (χ4v) is 2.39. The van der Waals surface area contributed by atoms with Crippen molar-refractivity contribution < 1.29 is 9.53 Å². The molecule has 108 valence electrons. The number of nitrogens with two attached hydrogens (primary N) is 1. The van der Waals surface area contributed by atoms with Crippen molar-refractivity contribution in [2.75, 3.05) is 0 Å². The van der Waals surface area contributed by atoms with Crippen LogP contribution in [0.1, 0.15) is 11.1 Å². The van der Waals surface area contributed by atoms with Crippen molar-refractivity contribution in [1.29, 1.82) is 0 Å². The average Bonchev–Trinajstić information content (AvgIpc) is 2.44. The summed E-state index contributed by atoms with van der Waals surface area (Å²) < 4.78 is 6.69. The molecule has 21 heavy (non-hydrogen) atoms. The van der Waals surface area contributed by atoms with Crippen LogP contribution in [0.5, 0.6) is 5.75 Å². The zero-order valence-electron chi connectivity index (χ0n) is 11.1. The predicted octanol–water partition coefficient (Wildman–Crippen LogP) is 4.18. The molecule has 1 amide bonds. The molecule has 3 nitrogen and oxygen atoms in total. The maximum Gasteiger partial charge on any atom is 0.241 e. The lowest BCUT2D eigenvalue weighted by Crippen LogP contribution is -2.05. The van der Waals surface area contributed by atoms with Gasteiger partial charge in [-0.05, 0) is 41.5 Å². The Kier molecular flexibility index (Phi) is 5.42. The van der Waals surface area contributed by atoms with Gasteiger partial charge in [0.1, 0.15) is 12.4 Å². The Morgan fingerprint density at radius 2 is 2.10 bits per heavy atom. The molecule has 0 unspecified atom stereocenters. The standard InChI is InChI=1S/C16H13BrClNO2/c17-13-3-1-2-12(8-13)10-21-15-6-4-11(9-14(15)18)5-7-16(19)20/h1-9H,10H2,(H2,19,20)/b7-5+. The molecule has 2 rings (SSSR count). The van der Waals surface area contributed by atoms with Crippen molar-refractivity contribution in [2.45, 2.75) is 6.61 Å². The SMILES string of the molecule is NC(=O)/C=C/c1ccc(OCc2cccc(Br)c2)c(Cl)c1. The maximum atomic E-state index is 10.7. The molecule has 0 saturated heterocycles. The van der Waals surface area contributed by atoms with Gasteiger partial charge in [-0.1, -0.05) is 45.7 Å². The highest BCUT2D eigenvalue weighted by atomic mass is 79.9. The van der Waals surface area contributed by atoms with Gasteiger partial charge in [0.15, 0.2) is 0 Å². The number of hydrogen-bond donors (Lipinski definition) is 1. The molecule has 0 radical (unpaired) electrons. The molecular formula is C16H13BrClNO2. The Morgan fingerprint density at radius 3 is 2.76 bits per heavy atom. The van der Waals surface area contributed by atoms with Crippen molar-refractivity contribution in [2.24, 2.45) is 5.73 Å². The summed E-state index contributed by atoms with van der Waals surface area (Å²) in [7, 11) is 0. The van der Waals surface area contributed by atoms with Crippen LogP contribution >= 0.6 is 27.5 Å². The van der Waals surface area contributed by atoms with E-state index in [2.05, 4.69) is 15.9 Å². The van der Waals surface area contributed by atoms with Crippen LogP contribution in [0.15, 0.2) is 53.0 Å². The first-order chi connectivity index (χ1) is 10.0. The van der Waals surface area contributed by atoms with Gasteiger partial charge < -0.3 is 10.5 Å². The van der Waals surface area contributed by atoms with E-state index >= 15 is 0 Å². The minimum absolute atomic E-state index is 0.426. The maximum absolute atomic E-state index is 10.7. The molecule has 0 bridgehead atoms. The van der Waals surface area contributed by atoms with Crippen molar-refractivity contribution in [3.8, 4) is 5.75 Å². The summed E-state index contributed by atoms with van der Waals surface area (Å²) in [6.07, 6.45) is 2.89. The second-order valence-corrected chi connectivity index (χ2v) is 5.67. The molecule has 0 aliphatic rings. The van der Waals surface area contributed by atoms with Crippen LogP contribution in [-0.2, 0) is 11.4 Å². The quantitative estimate of drug-likeness (QED) is 0.807. The third kappa shape index (κ3) is 4.92. The van der Waals surface area contributed by atoms with Gasteiger partial charge in [0.25, 0.3) is 0 Å². The topological polar surface area (TPSA) is 52.3 Å². The van der Waals surface area contributed by atoms with Crippen molar-refractivity contribution in [3.05, 3.63) is 69.2 Å². The van der Waals surface area contributed by atoms with Gasteiger partial charge in [0.2, 0.25) is 5.91 Å². The number of amides is 1. The summed E-state index contributed by atoms with van der Waals surface area (Å²) in [6.45, 7) is 0.426. The van der Waals surface area contributed by atoms with Crippen molar-refractivity contribution in [3.63, 3.8) is 0 Å². The molecule has 2 N–H and O–H groups in total. The highest BCUT2D eigenvalue weighted by Gasteiger charge is 2.03. The number of carbonyl (C=O) groups excluding carboxylic acids is 1. The molecule has 0 saturated carbocycles. The summed E-state index contributed by atoms with van der Waals surface area (Å²) in [6, 6.07) is 13.2. The highest BCUT2D eigenvalue weighted by molar-refractivity contribution is 9.10. The highest BCUT2D eigenvalue weighted by Crippen LogP contribution is 2.27. The average molecular weight is 367 g/mol. The van der Waals surface area contributed by atoms with E-state index in [4.69, 9.17) is 22.1 Å². The van der Waals surface area contributed by atoms with Crippen LogP contribution in [0.4, 0.5) is 0 Å². The van der Waals surface area contributed by atoms with Gasteiger partial charge >= 0.3 is 0 Å². The number of rotatable bonds is 5. The van der Waals surface area contributed by atoms with Crippen molar-refractivity contribution >= 4 is 39.5 Å². The Bertz CT molecular complexity index is 686. The zero-order chi connectivity index (χ0) is 15.2. The second-order valence-electron chi connectivity index (χ2n) is 4.34. The molecule has 0 fully saturated rings. The lowest BCUT2D eigenvalue weighted by molar-refractivity contribution is -0.113. The predicted molar refractivity (Wildman–Crippen MR) is 88.2 cm³/mol. The number of primary amides is 1. The molecular weight excluding hydrogens is 354 g/mol. The monoisotopic (exact) mass is 365 g/mol. The van der Waals surface area contributed by atoms with E-state index in [1.54, 1.807) is 18.2 Å². The van der Waals surface area contributed by atoms with Gasteiger partial charge in [0, 0.05) is 10.5 Å². The minimum atomic E-state index is -0.499. The second kappa shape index (κ2) is 7.29. The van der Waals surface area contributed by atoms with Crippen LogP contribution < -0.4 is 10.5 Å². The third-order valence-electron chi connectivity index (χ3n) is 2.68. The summed E-state index contributed by atoms with van der Waals surface area (Å²) in [4.78, 5) is 10.7. The summed E-state index contributed by atoms with van der Waals surface area (Å²) >= 11 is 9.57. The number of halogens is 2. The van der Waals surface area contributed by atoms with E-state index in [0.717, 1.165) is 15.6 Å². The van der Waals surface area contributed by atoms with E-state index in [0.29, 0.717) is 17.4 Å². The normalized spacial score (nSPS) is 10.8. The number of benzene rings is 2. The first kappa shape index (κ1) is 15.6. The zero-order valence-corrected chi connectivity index (χ0v) is 13.4. The van der Waals surface area contributed by atoms with E-state index in [1.807, 2.05) is 30.3 Å².